The van der Waals surface area contributed by atoms with Gasteiger partial charge in [0.15, 0.2) is 11.6 Å². The zero-order chi connectivity index (χ0) is 15.0. The molecule has 1 fully saturated rings. The van der Waals surface area contributed by atoms with Crippen LogP contribution in [0.2, 0.25) is 0 Å². The molecule has 1 aromatic carbocycles. The average Bonchev–Trinajstić information content (AvgIpc) is 3.22. The van der Waals surface area contributed by atoms with Crippen LogP contribution in [0.3, 0.4) is 0 Å². The summed E-state index contributed by atoms with van der Waals surface area (Å²) in [5.41, 5.74) is -0.226. The molecule has 0 saturated heterocycles. The second kappa shape index (κ2) is 5.27. The first kappa shape index (κ1) is 13.7. The predicted octanol–water partition coefficient (Wildman–Crippen LogP) is 2.50. The van der Waals surface area contributed by atoms with Crippen molar-refractivity contribution in [3.8, 4) is 0 Å². The highest BCUT2D eigenvalue weighted by Crippen LogP contribution is 2.30. The molecule has 1 aromatic heterocycles. The molecule has 0 radical (unpaired) electrons. The molecule has 1 heterocycles. The Balaban J connectivity index is 1.89. The maximum Gasteiger partial charge on any atom is 0.257 e. The molecule has 3 rings (SSSR count). The van der Waals surface area contributed by atoms with Crippen molar-refractivity contribution in [2.24, 2.45) is 7.05 Å². The lowest BCUT2D eigenvalue weighted by molar-refractivity contribution is 0.0718. The number of benzene rings is 1. The zero-order valence-electron chi connectivity index (χ0n) is 11.6. The minimum Gasteiger partial charge on any atom is -0.337 e. The van der Waals surface area contributed by atoms with Crippen LogP contribution < -0.4 is 0 Å². The summed E-state index contributed by atoms with van der Waals surface area (Å²) in [5, 5.41) is 0. The molecule has 1 amide bonds. The molecule has 6 heteroatoms. The number of halogens is 2. The second-order valence-electron chi connectivity index (χ2n) is 5.22. The third kappa shape index (κ3) is 2.66. The largest absolute Gasteiger partial charge is 0.337 e. The molecule has 0 aliphatic heterocycles. The van der Waals surface area contributed by atoms with Gasteiger partial charge in [-0.1, -0.05) is 6.07 Å². The summed E-state index contributed by atoms with van der Waals surface area (Å²) in [5.74, 6) is -1.87. The van der Waals surface area contributed by atoms with Gasteiger partial charge in [-0.2, -0.15) is 0 Å². The first-order valence-corrected chi connectivity index (χ1v) is 6.79. The van der Waals surface area contributed by atoms with Gasteiger partial charge in [-0.05, 0) is 25.0 Å². The summed E-state index contributed by atoms with van der Waals surface area (Å²) in [6.07, 6.45) is 5.20. The van der Waals surface area contributed by atoms with Crippen LogP contribution in [0.25, 0.3) is 0 Å². The van der Waals surface area contributed by atoms with Crippen molar-refractivity contribution in [1.29, 1.82) is 0 Å². The summed E-state index contributed by atoms with van der Waals surface area (Å²) in [6.45, 7) is 0.295. The lowest BCUT2D eigenvalue weighted by atomic mass is 10.1. The number of hydrogen-bond donors (Lipinski definition) is 0. The highest BCUT2D eigenvalue weighted by Gasteiger charge is 2.35. The Morgan fingerprint density at radius 1 is 1.43 bits per heavy atom. The molecule has 0 bridgehead atoms. The van der Waals surface area contributed by atoms with E-state index in [0.29, 0.717) is 12.4 Å². The van der Waals surface area contributed by atoms with Gasteiger partial charge in [0.1, 0.15) is 5.82 Å². The standard InChI is InChI=1S/C15H15F2N3O/c1-19-8-7-18-13(19)9-20(10-5-6-10)15(21)11-3-2-4-12(16)14(11)17/h2-4,7-8,10H,5-6,9H2,1H3. The molecule has 1 saturated carbocycles. The number of aryl methyl sites for hydroxylation is 1. The fourth-order valence-corrected chi connectivity index (χ4v) is 2.28. The Bertz CT molecular complexity index is 679. The SMILES string of the molecule is Cn1ccnc1CN(C(=O)c1cccc(F)c1F)C1CC1. The smallest absolute Gasteiger partial charge is 0.257 e. The van der Waals surface area contributed by atoms with E-state index in [1.165, 1.54) is 12.1 Å². The van der Waals surface area contributed by atoms with Gasteiger partial charge in [-0.25, -0.2) is 13.8 Å². The topological polar surface area (TPSA) is 38.1 Å². The summed E-state index contributed by atoms with van der Waals surface area (Å²) < 4.78 is 28.9. The van der Waals surface area contributed by atoms with E-state index in [2.05, 4.69) is 4.98 Å². The number of aromatic nitrogens is 2. The Labute approximate surface area is 121 Å². The number of amides is 1. The van der Waals surface area contributed by atoms with Crippen molar-refractivity contribution in [3.63, 3.8) is 0 Å². The fraction of sp³-hybridized carbons (Fsp3) is 0.333. The van der Waals surface area contributed by atoms with E-state index in [1.807, 2.05) is 11.6 Å². The molecular formula is C15H15F2N3O. The highest BCUT2D eigenvalue weighted by molar-refractivity contribution is 5.94. The molecular weight excluding hydrogens is 276 g/mol. The summed E-state index contributed by atoms with van der Waals surface area (Å²) in [4.78, 5) is 18.3. The van der Waals surface area contributed by atoms with Crippen LogP contribution in [0.15, 0.2) is 30.6 Å². The maximum absolute atomic E-state index is 13.8. The Morgan fingerprint density at radius 2 is 2.19 bits per heavy atom. The summed E-state index contributed by atoms with van der Waals surface area (Å²) >= 11 is 0. The molecule has 0 unspecified atom stereocenters. The van der Waals surface area contributed by atoms with Gasteiger partial charge >= 0.3 is 0 Å². The first-order valence-electron chi connectivity index (χ1n) is 6.79. The van der Waals surface area contributed by atoms with Crippen LogP contribution in [0.5, 0.6) is 0 Å². The molecule has 21 heavy (non-hydrogen) atoms. The average molecular weight is 291 g/mol. The van der Waals surface area contributed by atoms with Gasteiger partial charge in [0.2, 0.25) is 0 Å². The van der Waals surface area contributed by atoms with Crippen molar-refractivity contribution < 1.29 is 13.6 Å². The minimum absolute atomic E-state index is 0.0804. The maximum atomic E-state index is 13.8. The van der Waals surface area contributed by atoms with Crippen LogP contribution in [0.4, 0.5) is 8.78 Å². The Morgan fingerprint density at radius 3 is 2.81 bits per heavy atom. The van der Waals surface area contributed by atoms with Crippen LogP contribution in [-0.2, 0) is 13.6 Å². The molecule has 0 atom stereocenters. The molecule has 1 aliphatic carbocycles. The van der Waals surface area contributed by atoms with E-state index in [4.69, 9.17) is 0 Å². The number of hydrogen-bond acceptors (Lipinski definition) is 2. The van der Waals surface area contributed by atoms with E-state index < -0.39 is 17.5 Å². The Hall–Kier alpha value is -2.24. The normalized spacial score (nSPS) is 14.2. The van der Waals surface area contributed by atoms with Crippen molar-refractivity contribution >= 4 is 5.91 Å². The lowest BCUT2D eigenvalue weighted by Gasteiger charge is -2.22. The number of carbonyl (C=O) groups excluding carboxylic acids is 1. The van der Waals surface area contributed by atoms with Crippen molar-refractivity contribution in [2.75, 3.05) is 0 Å². The highest BCUT2D eigenvalue weighted by atomic mass is 19.2. The molecule has 0 spiro atoms. The molecule has 1 aliphatic rings. The van der Waals surface area contributed by atoms with Gasteiger partial charge in [0, 0.05) is 25.5 Å². The number of carbonyl (C=O) groups is 1. The van der Waals surface area contributed by atoms with Gasteiger partial charge in [-0.3, -0.25) is 4.79 Å². The van der Waals surface area contributed by atoms with E-state index in [1.54, 1.807) is 17.3 Å². The zero-order valence-corrected chi connectivity index (χ0v) is 11.6. The third-order valence-corrected chi connectivity index (χ3v) is 3.66. The van der Waals surface area contributed by atoms with Crippen molar-refractivity contribution in [3.05, 3.63) is 53.6 Å². The molecule has 2 aromatic rings. The number of rotatable bonds is 4. The van der Waals surface area contributed by atoms with Crippen LogP contribution in [0, 0.1) is 11.6 Å². The molecule has 4 nitrogen and oxygen atoms in total. The van der Waals surface area contributed by atoms with E-state index in [9.17, 15) is 13.6 Å². The third-order valence-electron chi connectivity index (χ3n) is 3.66. The van der Waals surface area contributed by atoms with Crippen molar-refractivity contribution in [1.82, 2.24) is 14.5 Å². The van der Waals surface area contributed by atoms with Gasteiger partial charge in [0.05, 0.1) is 12.1 Å². The van der Waals surface area contributed by atoms with Crippen LogP contribution in [0.1, 0.15) is 29.0 Å². The summed E-state index contributed by atoms with van der Waals surface area (Å²) in [6, 6.07) is 3.75. The second-order valence-corrected chi connectivity index (χ2v) is 5.22. The predicted molar refractivity (Wildman–Crippen MR) is 72.5 cm³/mol. The van der Waals surface area contributed by atoms with Gasteiger partial charge in [-0.15, -0.1) is 0 Å². The minimum atomic E-state index is -1.09. The summed E-state index contributed by atoms with van der Waals surface area (Å²) in [7, 11) is 1.83. The van der Waals surface area contributed by atoms with Crippen LogP contribution >= 0.6 is 0 Å². The van der Waals surface area contributed by atoms with Crippen molar-refractivity contribution in [2.45, 2.75) is 25.4 Å². The van der Waals surface area contributed by atoms with Gasteiger partial charge in [0.25, 0.3) is 5.91 Å². The molecule has 0 N–H and O–H groups in total. The van der Waals surface area contributed by atoms with Gasteiger partial charge < -0.3 is 9.47 Å². The molecule has 110 valence electrons. The number of imidazole rings is 1. The van der Waals surface area contributed by atoms with E-state index >= 15 is 0 Å². The number of nitrogens with zero attached hydrogens (tertiary/aromatic N) is 3. The first-order chi connectivity index (χ1) is 10.1. The lowest BCUT2D eigenvalue weighted by Crippen LogP contribution is -2.34. The fourth-order valence-electron chi connectivity index (χ4n) is 2.28. The van der Waals surface area contributed by atoms with E-state index in [-0.39, 0.29) is 11.6 Å². The monoisotopic (exact) mass is 291 g/mol. The Kier molecular flexibility index (Phi) is 3.45. The van der Waals surface area contributed by atoms with Crippen LogP contribution in [-0.4, -0.2) is 26.4 Å². The van der Waals surface area contributed by atoms with E-state index in [0.717, 1.165) is 18.9 Å². The quantitative estimate of drug-likeness (QED) is 0.868.